The summed E-state index contributed by atoms with van der Waals surface area (Å²) in [7, 11) is 0. The van der Waals surface area contributed by atoms with Crippen molar-refractivity contribution in [2.45, 2.75) is 0 Å². The minimum atomic E-state index is -0.352. The standard InChI is InChI=1S/C12H12N4O3/c13-4-5-18-7-2-1-3-8-10(7)15-11-9(19-8)6-14-12(17)16-11/h1-3,6H,4-5,13H2,(H2,14,15,16,17). The van der Waals surface area contributed by atoms with Crippen LogP contribution in [-0.4, -0.2) is 25.0 Å². The van der Waals surface area contributed by atoms with E-state index >= 15 is 0 Å². The number of aliphatic imine (C=N–C) groups is 1. The van der Waals surface area contributed by atoms with Gasteiger partial charge < -0.3 is 20.5 Å². The summed E-state index contributed by atoms with van der Waals surface area (Å²) in [5, 5.41) is 5.06. The molecule has 7 nitrogen and oxygen atoms in total. The minimum absolute atomic E-state index is 0.352. The van der Waals surface area contributed by atoms with E-state index in [1.54, 1.807) is 18.2 Å². The number of hydrogen-bond donors (Lipinski definition) is 3. The maximum absolute atomic E-state index is 11.2. The summed E-state index contributed by atoms with van der Waals surface area (Å²) >= 11 is 0. The second-order valence-corrected chi connectivity index (χ2v) is 3.91. The van der Waals surface area contributed by atoms with Crippen molar-refractivity contribution >= 4 is 17.6 Å². The van der Waals surface area contributed by atoms with Gasteiger partial charge in [0.05, 0.1) is 6.20 Å². The Labute approximate surface area is 109 Å². The molecule has 0 bridgehead atoms. The fourth-order valence-corrected chi connectivity index (χ4v) is 1.78. The molecule has 0 saturated heterocycles. The number of urea groups is 1. The van der Waals surface area contributed by atoms with E-state index in [9.17, 15) is 4.79 Å². The van der Waals surface area contributed by atoms with Crippen LogP contribution in [0.4, 0.5) is 10.5 Å². The number of nitrogens with one attached hydrogen (secondary N) is 2. The molecule has 7 heteroatoms. The van der Waals surface area contributed by atoms with Crippen LogP contribution >= 0.6 is 0 Å². The molecule has 2 aliphatic rings. The predicted octanol–water partition coefficient (Wildman–Crippen LogP) is 0.601. The number of amides is 2. The van der Waals surface area contributed by atoms with Gasteiger partial charge in [-0.25, -0.2) is 9.79 Å². The van der Waals surface area contributed by atoms with Crippen LogP contribution in [0.2, 0.25) is 0 Å². The summed E-state index contributed by atoms with van der Waals surface area (Å²) in [5.74, 6) is 1.97. The highest BCUT2D eigenvalue weighted by Crippen LogP contribution is 2.41. The maximum atomic E-state index is 11.2. The molecule has 19 heavy (non-hydrogen) atoms. The molecule has 0 aliphatic carbocycles. The molecule has 0 unspecified atom stereocenters. The lowest BCUT2D eigenvalue weighted by Gasteiger charge is -2.23. The van der Waals surface area contributed by atoms with Gasteiger partial charge in [-0.1, -0.05) is 6.07 Å². The van der Waals surface area contributed by atoms with Gasteiger partial charge in [-0.15, -0.1) is 0 Å². The Morgan fingerprint density at radius 3 is 3.16 bits per heavy atom. The number of nitrogens with two attached hydrogens (primary N) is 1. The second kappa shape index (κ2) is 4.62. The first-order valence-electron chi connectivity index (χ1n) is 5.78. The summed E-state index contributed by atoms with van der Waals surface area (Å²) in [4.78, 5) is 15.6. The molecule has 0 radical (unpaired) electrons. The minimum Gasteiger partial charge on any atom is -0.490 e. The Balaban J connectivity index is 2.00. The Hall–Kier alpha value is -2.54. The number of carbonyl (C=O) groups is 1. The van der Waals surface area contributed by atoms with Crippen molar-refractivity contribution in [3.8, 4) is 11.5 Å². The van der Waals surface area contributed by atoms with Crippen LogP contribution in [0.15, 0.2) is 35.2 Å². The van der Waals surface area contributed by atoms with Crippen LogP contribution in [0.5, 0.6) is 11.5 Å². The fraction of sp³-hybridized carbons (Fsp3) is 0.167. The molecule has 2 heterocycles. The Morgan fingerprint density at radius 2 is 2.32 bits per heavy atom. The van der Waals surface area contributed by atoms with E-state index in [1.807, 2.05) is 0 Å². The van der Waals surface area contributed by atoms with Crippen molar-refractivity contribution in [3.05, 3.63) is 30.2 Å². The van der Waals surface area contributed by atoms with Crippen molar-refractivity contribution in [3.63, 3.8) is 0 Å². The van der Waals surface area contributed by atoms with Crippen LogP contribution < -0.4 is 25.8 Å². The third-order valence-corrected chi connectivity index (χ3v) is 2.58. The number of benzene rings is 1. The smallest absolute Gasteiger partial charge is 0.324 e. The molecule has 0 aromatic heterocycles. The predicted molar refractivity (Wildman–Crippen MR) is 68.5 cm³/mol. The summed E-state index contributed by atoms with van der Waals surface area (Å²) < 4.78 is 11.1. The zero-order chi connectivity index (χ0) is 13.2. The van der Waals surface area contributed by atoms with Gasteiger partial charge in [0.1, 0.15) is 12.4 Å². The van der Waals surface area contributed by atoms with E-state index in [1.165, 1.54) is 6.20 Å². The zero-order valence-corrected chi connectivity index (χ0v) is 9.97. The van der Waals surface area contributed by atoms with Crippen molar-refractivity contribution in [1.82, 2.24) is 10.6 Å². The number of ether oxygens (including phenoxy) is 2. The van der Waals surface area contributed by atoms with Crippen molar-refractivity contribution in [2.24, 2.45) is 10.7 Å². The first kappa shape index (κ1) is 11.5. The normalized spacial score (nSPS) is 15.9. The summed E-state index contributed by atoms with van der Waals surface area (Å²) in [6.07, 6.45) is 1.47. The lowest BCUT2D eigenvalue weighted by molar-refractivity contribution is 0.246. The van der Waals surface area contributed by atoms with Crippen molar-refractivity contribution < 1.29 is 14.3 Å². The summed E-state index contributed by atoms with van der Waals surface area (Å²) in [6.45, 7) is 0.796. The molecular formula is C12H12N4O3. The molecule has 2 amide bonds. The topological polar surface area (TPSA) is 98.0 Å². The van der Waals surface area contributed by atoms with Gasteiger partial charge in [0.15, 0.2) is 23.0 Å². The number of hydrogen-bond acceptors (Lipinski definition) is 5. The molecule has 0 spiro atoms. The Bertz CT molecular complexity index is 595. The quantitative estimate of drug-likeness (QED) is 0.741. The van der Waals surface area contributed by atoms with Gasteiger partial charge in [0, 0.05) is 6.54 Å². The van der Waals surface area contributed by atoms with Gasteiger partial charge in [-0.3, -0.25) is 5.32 Å². The molecule has 2 aliphatic heterocycles. The number of amidine groups is 1. The van der Waals surface area contributed by atoms with Crippen LogP contribution in [-0.2, 0) is 0 Å². The zero-order valence-electron chi connectivity index (χ0n) is 9.97. The number of para-hydroxylation sites is 1. The highest BCUT2D eigenvalue weighted by Gasteiger charge is 2.25. The number of rotatable bonds is 3. The average molecular weight is 260 g/mol. The van der Waals surface area contributed by atoms with Crippen LogP contribution in [0.3, 0.4) is 0 Å². The largest absolute Gasteiger partial charge is 0.490 e. The number of fused-ring (bicyclic) bond motifs is 2. The van der Waals surface area contributed by atoms with Gasteiger partial charge in [0.25, 0.3) is 0 Å². The van der Waals surface area contributed by atoms with Gasteiger partial charge in [-0.2, -0.15) is 0 Å². The van der Waals surface area contributed by atoms with E-state index in [4.69, 9.17) is 15.2 Å². The van der Waals surface area contributed by atoms with Gasteiger partial charge >= 0.3 is 6.03 Å². The SMILES string of the molecule is NCCOc1cccc2c1N=C1NC(=O)NC=C1O2. The average Bonchev–Trinajstić information content (AvgIpc) is 2.43. The van der Waals surface area contributed by atoms with Gasteiger partial charge in [0.2, 0.25) is 0 Å². The molecule has 98 valence electrons. The lowest BCUT2D eigenvalue weighted by atomic mass is 10.2. The van der Waals surface area contributed by atoms with E-state index < -0.39 is 0 Å². The van der Waals surface area contributed by atoms with E-state index in [0.29, 0.717) is 41.9 Å². The second-order valence-electron chi connectivity index (χ2n) is 3.91. The third kappa shape index (κ3) is 2.11. The Morgan fingerprint density at radius 1 is 1.42 bits per heavy atom. The lowest BCUT2D eigenvalue weighted by Crippen LogP contribution is -2.44. The van der Waals surface area contributed by atoms with E-state index in [-0.39, 0.29) is 6.03 Å². The maximum Gasteiger partial charge on any atom is 0.324 e. The summed E-state index contributed by atoms with van der Waals surface area (Å²) in [5.41, 5.74) is 5.96. The Kier molecular flexibility index (Phi) is 2.81. The third-order valence-electron chi connectivity index (χ3n) is 2.58. The fourth-order valence-electron chi connectivity index (χ4n) is 1.78. The molecule has 4 N–H and O–H groups in total. The molecule has 1 aromatic rings. The highest BCUT2D eigenvalue weighted by molar-refractivity contribution is 6.11. The van der Waals surface area contributed by atoms with E-state index in [0.717, 1.165) is 0 Å². The first-order valence-corrected chi connectivity index (χ1v) is 5.78. The van der Waals surface area contributed by atoms with Crippen molar-refractivity contribution in [1.29, 1.82) is 0 Å². The van der Waals surface area contributed by atoms with Crippen molar-refractivity contribution in [2.75, 3.05) is 13.2 Å². The molecule has 0 saturated carbocycles. The van der Waals surface area contributed by atoms with Crippen LogP contribution in [0.1, 0.15) is 0 Å². The molecular weight excluding hydrogens is 248 g/mol. The van der Waals surface area contributed by atoms with Gasteiger partial charge in [-0.05, 0) is 12.1 Å². The molecule has 1 aromatic carbocycles. The molecule has 0 fully saturated rings. The summed E-state index contributed by atoms with van der Waals surface area (Å²) in [6, 6.07) is 5.01. The first-order chi connectivity index (χ1) is 9.28. The highest BCUT2D eigenvalue weighted by atomic mass is 16.5. The number of nitrogens with zero attached hydrogens (tertiary/aromatic N) is 1. The number of carbonyl (C=O) groups excluding carboxylic acids is 1. The van der Waals surface area contributed by atoms with Crippen LogP contribution in [0.25, 0.3) is 0 Å². The molecule has 3 rings (SSSR count). The monoisotopic (exact) mass is 260 g/mol. The van der Waals surface area contributed by atoms with Crippen LogP contribution in [0, 0.1) is 0 Å². The molecule has 0 atom stereocenters. The van der Waals surface area contributed by atoms with E-state index in [2.05, 4.69) is 15.6 Å².